The number of likely N-dealkylation sites (N-methyl/N-ethyl adjacent to an activating group) is 1. The monoisotopic (exact) mass is 569 g/mol. The molecule has 2 aliphatic heterocycles. The van der Waals surface area contributed by atoms with Gasteiger partial charge in [0.2, 0.25) is 6.79 Å². The SMILES string of the molecule is C[C@@H]1CCCCO[C@H](CN(C)Cc2ccc3c(c2)OCO3)[C@H](C)CN([C@@H](C)CO)C(=O)c2cc(N(C)C)ccc2O1. The lowest BCUT2D eigenvalue weighted by atomic mass is 10.0. The summed E-state index contributed by atoms with van der Waals surface area (Å²) in [4.78, 5) is 20.1. The highest BCUT2D eigenvalue weighted by molar-refractivity contribution is 5.98. The van der Waals surface area contributed by atoms with Crippen molar-refractivity contribution in [3.8, 4) is 17.2 Å². The summed E-state index contributed by atoms with van der Waals surface area (Å²) in [5.74, 6) is 2.02. The molecule has 9 heteroatoms. The minimum atomic E-state index is -0.363. The summed E-state index contributed by atoms with van der Waals surface area (Å²) in [6.45, 7) is 8.71. The second kappa shape index (κ2) is 14.2. The molecule has 0 unspecified atom stereocenters. The summed E-state index contributed by atoms with van der Waals surface area (Å²) in [6, 6.07) is 11.5. The topological polar surface area (TPSA) is 83.9 Å². The van der Waals surface area contributed by atoms with Crippen molar-refractivity contribution < 1.29 is 28.8 Å². The number of hydrogen-bond acceptors (Lipinski definition) is 8. The summed E-state index contributed by atoms with van der Waals surface area (Å²) in [5, 5.41) is 10.1. The zero-order valence-corrected chi connectivity index (χ0v) is 25.5. The van der Waals surface area contributed by atoms with Crippen LogP contribution in [0.5, 0.6) is 17.2 Å². The molecule has 0 saturated heterocycles. The van der Waals surface area contributed by atoms with Crippen LogP contribution in [0.25, 0.3) is 0 Å². The maximum atomic E-state index is 14.1. The lowest BCUT2D eigenvalue weighted by Crippen LogP contribution is -2.47. The molecule has 0 radical (unpaired) electrons. The van der Waals surface area contributed by atoms with Gasteiger partial charge in [-0.3, -0.25) is 9.69 Å². The molecule has 41 heavy (non-hydrogen) atoms. The molecule has 2 aromatic carbocycles. The van der Waals surface area contributed by atoms with E-state index < -0.39 is 0 Å². The standard InChI is InChI=1S/C32H47N3O6/c1-22-17-35(23(2)20-36)32(37)27-16-26(33(4)5)11-13-28(27)41-24(3)9-7-8-14-38-31(22)19-34(6)18-25-10-12-29-30(15-25)40-21-39-29/h10-13,15-16,22-24,31,36H,7-9,14,17-21H2,1-6H3/t22-,23+,24-,31-/m1/s1. The van der Waals surface area contributed by atoms with Gasteiger partial charge in [0.15, 0.2) is 11.5 Å². The van der Waals surface area contributed by atoms with Gasteiger partial charge in [-0.05, 0) is 76.1 Å². The number of benzene rings is 2. The predicted octanol–water partition coefficient (Wildman–Crippen LogP) is 4.41. The number of hydrogen-bond donors (Lipinski definition) is 1. The largest absolute Gasteiger partial charge is 0.490 e. The average Bonchev–Trinajstić information content (AvgIpc) is 3.42. The average molecular weight is 570 g/mol. The van der Waals surface area contributed by atoms with Crippen LogP contribution in [-0.4, -0.2) is 93.3 Å². The molecule has 1 N–H and O–H groups in total. The van der Waals surface area contributed by atoms with Gasteiger partial charge in [0.1, 0.15) is 5.75 Å². The van der Waals surface area contributed by atoms with Gasteiger partial charge in [-0.15, -0.1) is 0 Å². The van der Waals surface area contributed by atoms with Gasteiger partial charge in [0, 0.05) is 51.9 Å². The molecule has 1 amide bonds. The molecule has 4 rings (SSSR count). The zero-order valence-electron chi connectivity index (χ0n) is 25.5. The fourth-order valence-corrected chi connectivity index (χ4v) is 5.37. The number of ether oxygens (including phenoxy) is 4. The molecule has 0 spiro atoms. The highest BCUT2D eigenvalue weighted by Gasteiger charge is 2.30. The summed E-state index contributed by atoms with van der Waals surface area (Å²) >= 11 is 0. The van der Waals surface area contributed by atoms with Crippen molar-refractivity contribution in [3.05, 3.63) is 47.5 Å². The summed E-state index contributed by atoms with van der Waals surface area (Å²) in [7, 11) is 6.00. The van der Waals surface area contributed by atoms with Crippen molar-refractivity contribution in [2.24, 2.45) is 5.92 Å². The molecule has 4 atom stereocenters. The van der Waals surface area contributed by atoms with E-state index in [1.54, 1.807) is 4.90 Å². The fraction of sp³-hybridized carbons (Fsp3) is 0.594. The van der Waals surface area contributed by atoms with Gasteiger partial charge in [-0.25, -0.2) is 0 Å². The van der Waals surface area contributed by atoms with Gasteiger partial charge >= 0.3 is 0 Å². The number of carbonyl (C=O) groups is 1. The third-order valence-electron chi connectivity index (χ3n) is 7.93. The van der Waals surface area contributed by atoms with Crippen molar-refractivity contribution >= 4 is 11.6 Å². The van der Waals surface area contributed by atoms with Crippen LogP contribution in [0.3, 0.4) is 0 Å². The molecule has 0 aromatic heterocycles. The smallest absolute Gasteiger partial charge is 0.258 e. The van der Waals surface area contributed by atoms with Crippen LogP contribution >= 0.6 is 0 Å². The Bertz CT molecular complexity index is 1160. The third kappa shape index (κ3) is 8.05. The first-order valence-electron chi connectivity index (χ1n) is 14.7. The van der Waals surface area contributed by atoms with E-state index in [0.29, 0.717) is 31.0 Å². The lowest BCUT2D eigenvalue weighted by Gasteiger charge is -2.36. The first-order chi connectivity index (χ1) is 19.7. The molecule has 226 valence electrons. The Morgan fingerprint density at radius 2 is 1.78 bits per heavy atom. The second-order valence-electron chi connectivity index (χ2n) is 11.8. The molecular formula is C32H47N3O6. The van der Waals surface area contributed by atoms with Crippen LogP contribution in [0.15, 0.2) is 36.4 Å². The van der Waals surface area contributed by atoms with E-state index in [1.807, 2.05) is 63.2 Å². The van der Waals surface area contributed by atoms with Gasteiger partial charge in [0.25, 0.3) is 5.91 Å². The van der Waals surface area contributed by atoms with Crippen LogP contribution in [-0.2, 0) is 11.3 Å². The molecular weight excluding hydrogens is 522 g/mol. The molecule has 2 heterocycles. The van der Waals surface area contributed by atoms with Crippen LogP contribution in [0.2, 0.25) is 0 Å². The molecule has 0 aliphatic carbocycles. The van der Waals surface area contributed by atoms with Gasteiger partial charge < -0.3 is 33.9 Å². The number of aliphatic hydroxyl groups excluding tert-OH is 1. The number of amides is 1. The number of fused-ring (bicyclic) bond motifs is 2. The number of nitrogens with zero attached hydrogens (tertiary/aromatic N) is 3. The Morgan fingerprint density at radius 3 is 2.54 bits per heavy atom. The van der Waals surface area contributed by atoms with Crippen LogP contribution in [0.4, 0.5) is 5.69 Å². The van der Waals surface area contributed by atoms with Crippen LogP contribution in [0.1, 0.15) is 56.0 Å². The Balaban J connectivity index is 1.57. The zero-order chi connectivity index (χ0) is 29.5. The number of anilines is 1. The molecule has 0 bridgehead atoms. The van der Waals surface area contributed by atoms with E-state index in [1.165, 1.54) is 0 Å². The Labute approximate surface area is 244 Å². The minimum Gasteiger partial charge on any atom is -0.490 e. The Kier molecular flexibility index (Phi) is 10.8. The minimum absolute atomic E-state index is 0.0235. The Hall–Kier alpha value is -3.01. The first-order valence-corrected chi connectivity index (χ1v) is 14.7. The second-order valence-corrected chi connectivity index (χ2v) is 11.8. The van der Waals surface area contributed by atoms with E-state index in [4.69, 9.17) is 18.9 Å². The highest BCUT2D eigenvalue weighted by atomic mass is 16.7. The number of carbonyl (C=O) groups excluding carboxylic acids is 1. The van der Waals surface area contributed by atoms with Crippen LogP contribution < -0.4 is 19.1 Å². The van der Waals surface area contributed by atoms with E-state index >= 15 is 0 Å². The number of rotatable bonds is 7. The van der Waals surface area contributed by atoms with Crippen molar-refractivity contribution in [2.75, 3.05) is 59.1 Å². The van der Waals surface area contributed by atoms with E-state index in [0.717, 1.165) is 48.6 Å². The lowest BCUT2D eigenvalue weighted by molar-refractivity contribution is -0.0177. The third-order valence-corrected chi connectivity index (χ3v) is 7.93. The normalized spacial score (nSPS) is 22.6. The van der Waals surface area contributed by atoms with Crippen molar-refractivity contribution in [3.63, 3.8) is 0 Å². The van der Waals surface area contributed by atoms with E-state index in [2.05, 4.69) is 24.9 Å². The number of aliphatic hydroxyl groups is 1. The van der Waals surface area contributed by atoms with Crippen molar-refractivity contribution in [1.82, 2.24) is 9.80 Å². The fourth-order valence-electron chi connectivity index (χ4n) is 5.37. The van der Waals surface area contributed by atoms with Gasteiger partial charge in [0.05, 0.1) is 30.4 Å². The van der Waals surface area contributed by atoms with Gasteiger partial charge in [-0.2, -0.15) is 0 Å². The summed E-state index contributed by atoms with van der Waals surface area (Å²) in [5.41, 5.74) is 2.58. The van der Waals surface area contributed by atoms with Gasteiger partial charge in [-0.1, -0.05) is 13.0 Å². The van der Waals surface area contributed by atoms with Crippen molar-refractivity contribution in [1.29, 1.82) is 0 Å². The van der Waals surface area contributed by atoms with E-state index in [9.17, 15) is 9.90 Å². The molecule has 9 nitrogen and oxygen atoms in total. The Morgan fingerprint density at radius 1 is 1.02 bits per heavy atom. The maximum absolute atomic E-state index is 14.1. The van der Waals surface area contributed by atoms with Crippen LogP contribution in [0, 0.1) is 5.92 Å². The predicted molar refractivity (Wildman–Crippen MR) is 160 cm³/mol. The van der Waals surface area contributed by atoms with E-state index in [-0.39, 0.29) is 43.5 Å². The summed E-state index contributed by atoms with van der Waals surface area (Å²) in [6.07, 6.45) is 2.64. The molecule has 0 fully saturated rings. The maximum Gasteiger partial charge on any atom is 0.258 e. The molecule has 0 saturated carbocycles. The van der Waals surface area contributed by atoms with Crippen molar-refractivity contribution in [2.45, 2.75) is 64.8 Å². The quantitative estimate of drug-likeness (QED) is 0.525. The molecule has 2 aromatic rings. The molecule has 2 aliphatic rings. The first kappa shape index (κ1) is 30.9. The summed E-state index contributed by atoms with van der Waals surface area (Å²) < 4.78 is 23.8. The highest BCUT2D eigenvalue weighted by Crippen LogP contribution is 2.33.